The summed E-state index contributed by atoms with van der Waals surface area (Å²) < 4.78 is 10.7. The van der Waals surface area contributed by atoms with Crippen LogP contribution in [0.3, 0.4) is 0 Å². The molecule has 0 radical (unpaired) electrons. The van der Waals surface area contributed by atoms with Crippen LogP contribution in [-0.4, -0.2) is 19.0 Å². The maximum absolute atomic E-state index is 13.3. The Morgan fingerprint density at radius 1 is 1.00 bits per heavy atom. The molecule has 3 aromatic carbocycles. The third kappa shape index (κ3) is 5.49. The van der Waals surface area contributed by atoms with Crippen LogP contribution in [0, 0.1) is 0 Å². The largest absolute Gasteiger partial charge is 0.489 e. The van der Waals surface area contributed by atoms with Gasteiger partial charge in [0.05, 0.1) is 18.7 Å². The first-order valence-electron chi connectivity index (χ1n) is 10.6. The number of aryl methyl sites for hydroxylation is 1. The highest BCUT2D eigenvalue weighted by atomic mass is 35.5. The Hall–Kier alpha value is -3.02. The smallest absolute Gasteiger partial charge is 0.337 e. The van der Waals surface area contributed by atoms with Gasteiger partial charge in [-0.2, -0.15) is 0 Å². The lowest BCUT2D eigenvalue weighted by atomic mass is 9.86. The molecule has 0 bridgehead atoms. The van der Waals surface area contributed by atoms with Crippen molar-refractivity contribution in [1.82, 2.24) is 5.32 Å². The van der Waals surface area contributed by atoms with Crippen molar-refractivity contribution in [1.29, 1.82) is 0 Å². The third-order valence-corrected chi connectivity index (χ3v) is 6.20. The fourth-order valence-corrected chi connectivity index (χ4v) is 4.32. The van der Waals surface area contributed by atoms with Crippen molar-refractivity contribution in [3.8, 4) is 5.75 Å². The van der Waals surface area contributed by atoms with Crippen molar-refractivity contribution in [3.63, 3.8) is 0 Å². The minimum Gasteiger partial charge on any atom is -0.489 e. The summed E-state index contributed by atoms with van der Waals surface area (Å²) in [5.41, 5.74) is 3.77. The second-order valence-corrected chi connectivity index (χ2v) is 8.74. The third-order valence-electron chi connectivity index (χ3n) is 5.71. The maximum atomic E-state index is 13.3. The minimum absolute atomic E-state index is 0.156. The van der Waals surface area contributed by atoms with Gasteiger partial charge in [-0.05, 0) is 78.9 Å². The predicted molar refractivity (Wildman–Crippen MR) is 128 cm³/mol. The van der Waals surface area contributed by atoms with E-state index in [1.54, 1.807) is 48.5 Å². The number of hydrogen-bond acceptors (Lipinski definition) is 4. The number of hydrogen-bond donors (Lipinski definition) is 1. The first kappa shape index (κ1) is 23.1. The number of methoxy groups -OCH3 is 1. The molecule has 0 aromatic heterocycles. The molecule has 1 aliphatic carbocycles. The molecule has 1 atom stereocenters. The van der Waals surface area contributed by atoms with Gasteiger partial charge in [-0.15, -0.1) is 0 Å². The topological polar surface area (TPSA) is 64.6 Å². The molecule has 1 aliphatic rings. The molecule has 0 heterocycles. The Bertz CT molecular complexity index is 1180. The SMILES string of the molecule is COC(=O)c1ccc2c(c1)CCCC2NC(=O)c1cc(Cl)ccc1COc1ccc(Cl)cc1. The van der Waals surface area contributed by atoms with E-state index in [9.17, 15) is 9.59 Å². The average Bonchev–Trinajstić information content (AvgIpc) is 2.83. The van der Waals surface area contributed by atoms with Crippen molar-refractivity contribution < 1.29 is 19.1 Å². The molecular weight excluding hydrogens is 461 g/mol. The monoisotopic (exact) mass is 483 g/mol. The van der Waals surface area contributed by atoms with E-state index >= 15 is 0 Å². The Morgan fingerprint density at radius 3 is 2.52 bits per heavy atom. The van der Waals surface area contributed by atoms with Gasteiger partial charge in [-0.1, -0.05) is 35.3 Å². The summed E-state index contributed by atoms with van der Waals surface area (Å²) in [4.78, 5) is 25.1. The number of benzene rings is 3. The number of ether oxygens (including phenoxy) is 2. The molecule has 0 spiro atoms. The standard InChI is InChI=1S/C26H23Cl2NO4/c1-32-26(31)17-6-12-22-16(13-17)3-2-4-24(22)29-25(30)23-14-20(28)7-5-18(23)15-33-21-10-8-19(27)9-11-21/h5-14,24H,2-4,15H2,1H3,(H,29,30). The normalized spacial score (nSPS) is 14.8. The molecule has 0 aliphatic heterocycles. The van der Waals surface area contributed by atoms with Gasteiger partial charge in [0.25, 0.3) is 5.91 Å². The summed E-state index contributed by atoms with van der Waals surface area (Å²) in [6, 6.07) is 17.6. The van der Waals surface area contributed by atoms with Crippen molar-refractivity contribution in [2.24, 2.45) is 0 Å². The van der Waals surface area contributed by atoms with E-state index in [-0.39, 0.29) is 24.5 Å². The van der Waals surface area contributed by atoms with Gasteiger partial charge in [0.15, 0.2) is 0 Å². The van der Waals surface area contributed by atoms with E-state index < -0.39 is 0 Å². The van der Waals surface area contributed by atoms with Crippen molar-refractivity contribution >= 4 is 35.1 Å². The second kappa shape index (κ2) is 10.3. The van der Waals surface area contributed by atoms with E-state index in [4.69, 9.17) is 32.7 Å². The molecule has 4 rings (SSSR count). The Morgan fingerprint density at radius 2 is 1.76 bits per heavy atom. The lowest BCUT2D eigenvalue weighted by Crippen LogP contribution is -2.32. The molecule has 0 saturated heterocycles. The summed E-state index contributed by atoms with van der Waals surface area (Å²) in [6.45, 7) is 0.214. The predicted octanol–water partition coefficient (Wildman–Crippen LogP) is 6.17. The first-order valence-corrected chi connectivity index (χ1v) is 11.4. The highest BCUT2D eigenvalue weighted by Gasteiger charge is 2.24. The molecule has 170 valence electrons. The van der Waals surface area contributed by atoms with Crippen molar-refractivity contribution in [2.75, 3.05) is 7.11 Å². The Balaban J connectivity index is 1.52. The van der Waals surface area contributed by atoms with Crippen molar-refractivity contribution in [2.45, 2.75) is 31.9 Å². The fourth-order valence-electron chi connectivity index (χ4n) is 4.02. The Kier molecular flexibility index (Phi) is 7.21. The van der Waals surface area contributed by atoms with Crippen LogP contribution in [-0.2, 0) is 17.8 Å². The molecule has 1 unspecified atom stereocenters. The maximum Gasteiger partial charge on any atom is 0.337 e. The summed E-state index contributed by atoms with van der Waals surface area (Å²) in [6.07, 6.45) is 2.57. The van der Waals surface area contributed by atoms with Crippen LogP contribution >= 0.6 is 23.2 Å². The number of amides is 1. The quantitative estimate of drug-likeness (QED) is 0.426. The zero-order valence-corrected chi connectivity index (χ0v) is 19.6. The van der Waals surface area contributed by atoms with Crippen LogP contribution in [0.2, 0.25) is 10.0 Å². The Labute approximate surface area is 202 Å². The van der Waals surface area contributed by atoms with Crippen LogP contribution in [0.4, 0.5) is 0 Å². The van der Waals surface area contributed by atoms with Crippen LogP contribution in [0.5, 0.6) is 5.75 Å². The van der Waals surface area contributed by atoms with E-state index in [1.165, 1.54) is 7.11 Å². The zero-order chi connectivity index (χ0) is 23.4. The highest BCUT2D eigenvalue weighted by molar-refractivity contribution is 6.31. The first-order chi connectivity index (χ1) is 15.9. The van der Waals surface area contributed by atoms with Crippen LogP contribution < -0.4 is 10.1 Å². The van der Waals surface area contributed by atoms with Gasteiger partial charge in [0.1, 0.15) is 12.4 Å². The van der Waals surface area contributed by atoms with E-state index in [0.717, 1.165) is 36.0 Å². The van der Waals surface area contributed by atoms with Gasteiger partial charge < -0.3 is 14.8 Å². The van der Waals surface area contributed by atoms with Gasteiger partial charge in [0, 0.05) is 21.2 Å². The minimum atomic E-state index is -0.367. The molecule has 1 N–H and O–H groups in total. The van der Waals surface area contributed by atoms with E-state index in [1.807, 2.05) is 12.1 Å². The highest BCUT2D eigenvalue weighted by Crippen LogP contribution is 2.31. The number of esters is 1. The molecule has 0 fully saturated rings. The second-order valence-electron chi connectivity index (χ2n) is 7.87. The summed E-state index contributed by atoms with van der Waals surface area (Å²) in [5, 5.41) is 4.24. The van der Waals surface area contributed by atoms with Gasteiger partial charge in [-0.3, -0.25) is 4.79 Å². The lowest BCUT2D eigenvalue weighted by molar-refractivity contribution is 0.0600. The molecule has 1 amide bonds. The van der Waals surface area contributed by atoms with Crippen molar-refractivity contribution in [3.05, 3.63) is 98.5 Å². The number of carbonyl (C=O) groups excluding carboxylic acids is 2. The lowest BCUT2D eigenvalue weighted by Gasteiger charge is -2.27. The molecule has 0 saturated carbocycles. The summed E-state index contributed by atoms with van der Waals surface area (Å²) >= 11 is 12.1. The zero-order valence-electron chi connectivity index (χ0n) is 18.1. The average molecular weight is 484 g/mol. The number of halogens is 2. The number of rotatable bonds is 6. The number of fused-ring (bicyclic) bond motifs is 1. The molecule has 5 nitrogen and oxygen atoms in total. The van der Waals surface area contributed by atoms with E-state index in [2.05, 4.69) is 5.32 Å². The van der Waals surface area contributed by atoms with Gasteiger partial charge in [-0.25, -0.2) is 4.79 Å². The van der Waals surface area contributed by atoms with Crippen LogP contribution in [0.15, 0.2) is 60.7 Å². The van der Waals surface area contributed by atoms with Crippen LogP contribution in [0.1, 0.15) is 56.3 Å². The summed E-state index contributed by atoms with van der Waals surface area (Å²) in [5.74, 6) is 0.0682. The number of nitrogens with one attached hydrogen (secondary N) is 1. The van der Waals surface area contributed by atoms with Gasteiger partial charge in [0.2, 0.25) is 0 Å². The fraction of sp³-hybridized carbons (Fsp3) is 0.231. The van der Waals surface area contributed by atoms with Gasteiger partial charge >= 0.3 is 5.97 Å². The number of carbonyl (C=O) groups is 2. The van der Waals surface area contributed by atoms with E-state index in [0.29, 0.717) is 26.9 Å². The molecule has 3 aromatic rings. The molecular formula is C26H23Cl2NO4. The summed E-state index contributed by atoms with van der Waals surface area (Å²) in [7, 11) is 1.37. The molecule has 7 heteroatoms. The molecule has 33 heavy (non-hydrogen) atoms. The van der Waals surface area contributed by atoms with Crippen LogP contribution in [0.25, 0.3) is 0 Å².